The van der Waals surface area contributed by atoms with Crippen LogP contribution < -0.4 is 16.4 Å². The first kappa shape index (κ1) is 15.1. The normalized spacial score (nSPS) is 22.6. The number of likely N-dealkylation sites (tertiary alicyclic amines) is 1. The molecule has 0 radical (unpaired) electrons. The summed E-state index contributed by atoms with van der Waals surface area (Å²) in [5.74, 6) is 0.489. The van der Waals surface area contributed by atoms with Gasteiger partial charge in [-0.05, 0) is 31.3 Å². The third-order valence-electron chi connectivity index (χ3n) is 3.89. The zero-order valence-electron chi connectivity index (χ0n) is 11.5. The van der Waals surface area contributed by atoms with Crippen molar-refractivity contribution in [1.29, 1.82) is 0 Å². The fourth-order valence-corrected chi connectivity index (χ4v) is 3.08. The van der Waals surface area contributed by atoms with Gasteiger partial charge in [0.2, 0.25) is 5.91 Å². The molecule has 0 saturated carbocycles. The molecule has 0 unspecified atom stereocenters. The summed E-state index contributed by atoms with van der Waals surface area (Å²) < 4.78 is 0. The summed E-state index contributed by atoms with van der Waals surface area (Å²) in [5.41, 5.74) is 5.04. The molecule has 2 saturated heterocycles. The number of nitrogens with zero attached hydrogens (tertiary/aromatic N) is 1. The first-order valence-electron chi connectivity index (χ1n) is 6.65. The van der Waals surface area contributed by atoms with Crippen LogP contribution in [0, 0.1) is 0 Å². The lowest BCUT2D eigenvalue weighted by Crippen LogP contribution is -2.57. The third kappa shape index (κ3) is 2.90. The predicted molar refractivity (Wildman–Crippen MR) is 76.2 cm³/mol. The summed E-state index contributed by atoms with van der Waals surface area (Å²) >= 11 is 1.66. The molecule has 2 aliphatic heterocycles. The van der Waals surface area contributed by atoms with Crippen molar-refractivity contribution < 1.29 is 14.4 Å². The maximum atomic E-state index is 12.2. The van der Waals surface area contributed by atoms with Gasteiger partial charge < -0.3 is 16.0 Å². The average Bonchev–Trinajstić information content (AvgIpc) is 2.70. The second kappa shape index (κ2) is 6.01. The highest BCUT2D eigenvalue weighted by atomic mass is 32.2. The number of thioether (sulfide) groups is 1. The van der Waals surface area contributed by atoms with Crippen molar-refractivity contribution in [2.24, 2.45) is 5.73 Å². The number of hydrogen-bond donors (Lipinski definition) is 3. The van der Waals surface area contributed by atoms with Crippen molar-refractivity contribution >= 4 is 29.6 Å². The maximum Gasteiger partial charge on any atom is 0.322 e. The second-order valence-electron chi connectivity index (χ2n) is 5.20. The van der Waals surface area contributed by atoms with E-state index in [1.54, 1.807) is 16.7 Å². The number of nitrogens with one attached hydrogen (secondary N) is 2. The molecule has 4 amide bonds. The van der Waals surface area contributed by atoms with Crippen molar-refractivity contribution in [2.75, 3.05) is 25.1 Å². The monoisotopic (exact) mass is 300 g/mol. The van der Waals surface area contributed by atoms with Gasteiger partial charge in [-0.25, -0.2) is 4.79 Å². The highest BCUT2D eigenvalue weighted by Gasteiger charge is 2.48. The molecule has 2 heterocycles. The van der Waals surface area contributed by atoms with Crippen LogP contribution in [0.3, 0.4) is 0 Å². The lowest BCUT2D eigenvalue weighted by molar-refractivity contribution is -0.136. The molecular formula is C12H20N4O3S. The first-order valence-corrected chi connectivity index (χ1v) is 8.05. The Kier molecular flexibility index (Phi) is 4.54. The summed E-state index contributed by atoms with van der Waals surface area (Å²) in [6, 6.07) is -0.935. The number of carbonyl (C=O) groups is 3. The van der Waals surface area contributed by atoms with Crippen LogP contribution in [-0.2, 0) is 9.59 Å². The molecule has 1 spiro atoms. The average molecular weight is 300 g/mol. The largest absolute Gasteiger partial charge is 0.341 e. The van der Waals surface area contributed by atoms with Crippen LogP contribution >= 0.6 is 11.8 Å². The zero-order valence-corrected chi connectivity index (χ0v) is 12.3. The minimum absolute atomic E-state index is 0.0707. The van der Waals surface area contributed by atoms with Crippen molar-refractivity contribution in [3.8, 4) is 0 Å². The molecule has 0 aromatic carbocycles. The minimum atomic E-state index is -0.836. The fourth-order valence-electron chi connectivity index (χ4n) is 2.59. The molecule has 2 rings (SSSR count). The molecule has 2 aliphatic rings. The van der Waals surface area contributed by atoms with Crippen LogP contribution in [0.5, 0.6) is 0 Å². The van der Waals surface area contributed by atoms with Crippen LogP contribution in [0.2, 0.25) is 0 Å². The van der Waals surface area contributed by atoms with Crippen molar-refractivity contribution in [3.63, 3.8) is 0 Å². The molecule has 0 aromatic rings. The van der Waals surface area contributed by atoms with Crippen LogP contribution in [0.4, 0.5) is 4.79 Å². The predicted octanol–water partition coefficient (Wildman–Crippen LogP) is -0.733. The molecule has 112 valence electrons. The van der Waals surface area contributed by atoms with Crippen molar-refractivity contribution in [3.05, 3.63) is 0 Å². The summed E-state index contributed by atoms with van der Waals surface area (Å²) in [4.78, 5) is 36.9. The quantitative estimate of drug-likeness (QED) is 0.594. The van der Waals surface area contributed by atoms with E-state index >= 15 is 0 Å². The molecule has 1 atom stereocenters. The van der Waals surface area contributed by atoms with Gasteiger partial charge in [0.25, 0.3) is 5.91 Å². The van der Waals surface area contributed by atoms with Gasteiger partial charge >= 0.3 is 6.03 Å². The van der Waals surface area contributed by atoms with E-state index in [1.807, 2.05) is 6.26 Å². The number of carbonyl (C=O) groups excluding carboxylic acids is 3. The third-order valence-corrected chi connectivity index (χ3v) is 4.54. The summed E-state index contributed by atoms with van der Waals surface area (Å²) in [7, 11) is 0. The van der Waals surface area contributed by atoms with Crippen molar-refractivity contribution in [1.82, 2.24) is 15.5 Å². The molecule has 7 nitrogen and oxygen atoms in total. The second-order valence-corrected chi connectivity index (χ2v) is 6.19. The minimum Gasteiger partial charge on any atom is -0.341 e. The molecule has 20 heavy (non-hydrogen) atoms. The van der Waals surface area contributed by atoms with E-state index in [-0.39, 0.29) is 11.8 Å². The Bertz CT molecular complexity index is 421. The molecular weight excluding hydrogens is 280 g/mol. The molecule has 4 N–H and O–H groups in total. The Morgan fingerprint density at radius 2 is 2.10 bits per heavy atom. The highest BCUT2D eigenvalue weighted by Crippen LogP contribution is 2.25. The van der Waals surface area contributed by atoms with Gasteiger partial charge in [-0.1, -0.05) is 0 Å². The van der Waals surface area contributed by atoms with Gasteiger partial charge in [0.1, 0.15) is 5.54 Å². The molecule has 8 heteroatoms. The van der Waals surface area contributed by atoms with Gasteiger partial charge in [-0.2, -0.15) is 11.8 Å². The van der Waals surface area contributed by atoms with Crippen LogP contribution in [-0.4, -0.2) is 59.4 Å². The van der Waals surface area contributed by atoms with E-state index < -0.39 is 17.6 Å². The fraction of sp³-hybridized carbons (Fsp3) is 0.750. The van der Waals surface area contributed by atoms with Crippen molar-refractivity contribution in [2.45, 2.75) is 30.8 Å². The summed E-state index contributed by atoms with van der Waals surface area (Å²) in [5, 5.41) is 4.92. The number of imide groups is 1. The van der Waals surface area contributed by atoms with Gasteiger partial charge in [0.15, 0.2) is 0 Å². The Hall–Kier alpha value is -1.28. The number of piperidine rings is 1. The van der Waals surface area contributed by atoms with E-state index in [4.69, 9.17) is 5.73 Å². The van der Waals surface area contributed by atoms with Crippen LogP contribution in [0.15, 0.2) is 0 Å². The van der Waals surface area contributed by atoms with E-state index in [2.05, 4.69) is 10.6 Å². The maximum absolute atomic E-state index is 12.2. The Balaban J connectivity index is 1.89. The highest BCUT2D eigenvalue weighted by molar-refractivity contribution is 7.98. The van der Waals surface area contributed by atoms with Gasteiger partial charge in [-0.15, -0.1) is 0 Å². The number of hydrogen-bond acceptors (Lipinski definition) is 5. The molecule has 0 bridgehead atoms. The van der Waals surface area contributed by atoms with E-state index in [0.29, 0.717) is 32.4 Å². The lowest BCUT2D eigenvalue weighted by atomic mass is 9.87. The number of amides is 4. The Morgan fingerprint density at radius 3 is 2.60 bits per heavy atom. The first-order chi connectivity index (χ1) is 9.48. The molecule has 0 aromatic heterocycles. The van der Waals surface area contributed by atoms with E-state index in [0.717, 1.165) is 5.75 Å². The number of urea groups is 1. The van der Waals surface area contributed by atoms with E-state index in [9.17, 15) is 14.4 Å². The molecule has 0 aliphatic carbocycles. The topological polar surface area (TPSA) is 105 Å². The summed E-state index contributed by atoms with van der Waals surface area (Å²) in [6.07, 6.45) is 3.50. The number of rotatable bonds is 4. The standard InChI is InChI=1S/C12H20N4O3S/c1-20-7-2-8(13)9(17)16-5-3-12(4-6-16)10(18)14-11(19)15-12/h8H,2-7,13H2,1H3,(H2,14,15,18,19)/t8-/m1/s1. The van der Waals surface area contributed by atoms with E-state index in [1.165, 1.54) is 0 Å². The molecule has 2 fully saturated rings. The van der Waals surface area contributed by atoms with Gasteiger partial charge in [-0.3, -0.25) is 14.9 Å². The smallest absolute Gasteiger partial charge is 0.322 e. The van der Waals surface area contributed by atoms with Gasteiger partial charge in [0.05, 0.1) is 6.04 Å². The number of nitrogens with two attached hydrogens (primary N) is 1. The summed E-state index contributed by atoms with van der Waals surface area (Å²) in [6.45, 7) is 0.888. The van der Waals surface area contributed by atoms with Gasteiger partial charge in [0, 0.05) is 13.1 Å². The SMILES string of the molecule is CSCC[C@@H](N)C(=O)N1CCC2(CC1)NC(=O)NC2=O. The lowest BCUT2D eigenvalue weighted by Gasteiger charge is -2.37. The Labute approximate surface area is 122 Å². The zero-order chi connectivity index (χ0) is 14.8. The van der Waals surface area contributed by atoms with Crippen LogP contribution in [0.1, 0.15) is 19.3 Å². The Morgan fingerprint density at radius 1 is 1.45 bits per heavy atom. The van der Waals surface area contributed by atoms with Crippen LogP contribution in [0.25, 0.3) is 0 Å².